The van der Waals surface area contributed by atoms with Gasteiger partial charge >= 0.3 is 0 Å². The Balaban J connectivity index is 1.88. The summed E-state index contributed by atoms with van der Waals surface area (Å²) in [5, 5.41) is 3.02. The molecule has 8 heteroatoms. The number of nitrogens with zero attached hydrogens (tertiary/aromatic N) is 1. The zero-order chi connectivity index (χ0) is 20.9. The van der Waals surface area contributed by atoms with Crippen LogP contribution >= 0.6 is 23.4 Å². The number of amides is 1. The Bertz CT molecular complexity index is 972. The lowest BCUT2D eigenvalue weighted by Gasteiger charge is -2.21. The standard InChI is InChI=1S/C21H25ClN2O3S2/c1-2-28-19-10-6-5-9-18(19)23-21(25)16-11-12-17(22)20(15-16)29(26,27)24-13-7-3-4-8-14-24/h5-6,9-12,15H,2-4,7-8,13-14H2,1H3,(H,23,25). The van der Waals surface area contributed by atoms with E-state index in [1.807, 2.05) is 31.2 Å². The summed E-state index contributed by atoms with van der Waals surface area (Å²) in [6.07, 6.45) is 3.72. The van der Waals surface area contributed by atoms with Gasteiger partial charge in [-0.3, -0.25) is 4.79 Å². The zero-order valence-corrected chi connectivity index (χ0v) is 18.7. The highest BCUT2D eigenvalue weighted by Gasteiger charge is 2.28. The van der Waals surface area contributed by atoms with Gasteiger partial charge in [0.25, 0.3) is 5.91 Å². The Morgan fingerprint density at radius 2 is 1.79 bits per heavy atom. The summed E-state index contributed by atoms with van der Waals surface area (Å²) in [6.45, 7) is 3.01. The number of hydrogen-bond acceptors (Lipinski definition) is 4. The summed E-state index contributed by atoms with van der Waals surface area (Å²) >= 11 is 7.86. The molecule has 1 aliphatic heterocycles. The third kappa shape index (κ3) is 5.34. The number of hydrogen-bond donors (Lipinski definition) is 1. The van der Waals surface area contributed by atoms with E-state index < -0.39 is 10.0 Å². The van der Waals surface area contributed by atoms with E-state index in [0.717, 1.165) is 36.3 Å². The topological polar surface area (TPSA) is 66.5 Å². The monoisotopic (exact) mass is 452 g/mol. The van der Waals surface area contributed by atoms with Crippen molar-refractivity contribution in [2.24, 2.45) is 0 Å². The van der Waals surface area contributed by atoms with Crippen LogP contribution < -0.4 is 5.32 Å². The van der Waals surface area contributed by atoms with Gasteiger partial charge in [-0.1, -0.05) is 43.5 Å². The predicted molar refractivity (Wildman–Crippen MR) is 119 cm³/mol. The third-order valence-corrected chi connectivity index (χ3v) is 8.15. The molecule has 156 valence electrons. The zero-order valence-electron chi connectivity index (χ0n) is 16.4. The molecule has 0 radical (unpaired) electrons. The summed E-state index contributed by atoms with van der Waals surface area (Å²) in [6, 6.07) is 12.0. The second-order valence-electron chi connectivity index (χ2n) is 6.85. The number of thioether (sulfide) groups is 1. The molecule has 0 spiro atoms. The minimum atomic E-state index is -3.74. The first-order valence-electron chi connectivity index (χ1n) is 9.76. The molecule has 1 saturated heterocycles. The summed E-state index contributed by atoms with van der Waals surface area (Å²) in [7, 11) is -3.74. The lowest BCUT2D eigenvalue weighted by molar-refractivity contribution is 0.102. The molecular formula is C21H25ClN2O3S2. The number of sulfonamides is 1. The number of rotatable bonds is 6. The maximum atomic E-state index is 13.1. The molecule has 3 rings (SSSR count). The Morgan fingerprint density at radius 3 is 2.48 bits per heavy atom. The van der Waals surface area contributed by atoms with Gasteiger partial charge in [-0.05, 0) is 48.9 Å². The van der Waals surface area contributed by atoms with Gasteiger partial charge in [0.15, 0.2) is 0 Å². The van der Waals surface area contributed by atoms with E-state index in [4.69, 9.17) is 11.6 Å². The Hall–Kier alpha value is -1.54. The normalized spacial score (nSPS) is 15.7. The summed E-state index contributed by atoms with van der Waals surface area (Å²) in [5.41, 5.74) is 0.968. The van der Waals surface area contributed by atoms with Crippen LogP contribution in [0, 0.1) is 0 Å². The fourth-order valence-corrected chi connectivity index (χ4v) is 6.09. The van der Waals surface area contributed by atoms with Crippen molar-refractivity contribution in [3.63, 3.8) is 0 Å². The Morgan fingerprint density at radius 1 is 1.10 bits per heavy atom. The van der Waals surface area contributed by atoms with E-state index in [1.54, 1.807) is 17.8 Å². The molecule has 2 aromatic carbocycles. The molecule has 0 aliphatic carbocycles. The van der Waals surface area contributed by atoms with Crippen molar-refractivity contribution in [3.8, 4) is 0 Å². The van der Waals surface area contributed by atoms with Gasteiger partial charge in [-0.25, -0.2) is 8.42 Å². The van der Waals surface area contributed by atoms with E-state index >= 15 is 0 Å². The number of nitrogens with one attached hydrogen (secondary N) is 1. The maximum Gasteiger partial charge on any atom is 0.255 e. The number of halogens is 1. The minimum absolute atomic E-state index is 0.00932. The van der Waals surface area contributed by atoms with Crippen LogP contribution in [0.4, 0.5) is 5.69 Å². The molecule has 2 aromatic rings. The number of para-hydroxylation sites is 1. The molecule has 0 unspecified atom stereocenters. The van der Waals surface area contributed by atoms with Crippen LogP contribution in [0.3, 0.4) is 0 Å². The molecule has 0 atom stereocenters. The van der Waals surface area contributed by atoms with Crippen LogP contribution in [0.25, 0.3) is 0 Å². The van der Waals surface area contributed by atoms with Crippen molar-refractivity contribution in [2.75, 3.05) is 24.2 Å². The molecule has 0 aromatic heterocycles. The van der Waals surface area contributed by atoms with Crippen LogP contribution in [0.2, 0.25) is 5.02 Å². The van der Waals surface area contributed by atoms with Crippen LogP contribution in [-0.4, -0.2) is 37.5 Å². The molecule has 1 amide bonds. The van der Waals surface area contributed by atoms with E-state index in [0.29, 0.717) is 18.8 Å². The van der Waals surface area contributed by atoms with Gasteiger partial charge in [0.2, 0.25) is 10.0 Å². The summed E-state index contributed by atoms with van der Waals surface area (Å²) < 4.78 is 27.8. The van der Waals surface area contributed by atoms with Crippen molar-refractivity contribution in [2.45, 2.75) is 42.4 Å². The molecule has 0 saturated carbocycles. The lowest BCUT2D eigenvalue weighted by atomic mass is 10.2. The van der Waals surface area contributed by atoms with Gasteiger partial charge in [0.1, 0.15) is 4.90 Å². The van der Waals surface area contributed by atoms with Crippen LogP contribution in [0.1, 0.15) is 43.0 Å². The second-order valence-corrected chi connectivity index (χ2v) is 10.5. The lowest BCUT2D eigenvalue weighted by Crippen LogP contribution is -2.32. The fourth-order valence-electron chi connectivity index (χ4n) is 3.31. The van der Waals surface area contributed by atoms with Gasteiger partial charge in [0, 0.05) is 23.5 Å². The van der Waals surface area contributed by atoms with E-state index in [-0.39, 0.29) is 21.4 Å². The minimum Gasteiger partial charge on any atom is -0.321 e. The van der Waals surface area contributed by atoms with Crippen molar-refractivity contribution in [3.05, 3.63) is 53.1 Å². The quantitative estimate of drug-likeness (QED) is 0.606. The van der Waals surface area contributed by atoms with E-state index in [9.17, 15) is 13.2 Å². The average Bonchev–Trinajstić information content (AvgIpc) is 3.00. The molecule has 1 N–H and O–H groups in total. The Kier molecular flexibility index (Phi) is 7.62. The van der Waals surface area contributed by atoms with Gasteiger partial charge < -0.3 is 5.32 Å². The van der Waals surface area contributed by atoms with E-state index in [2.05, 4.69) is 5.32 Å². The first-order valence-corrected chi connectivity index (χ1v) is 12.6. The first kappa shape index (κ1) is 22.2. The maximum absolute atomic E-state index is 13.1. The highest BCUT2D eigenvalue weighted by Crippen LogP contribution is 2.30. The van der Waals surface area contributed by atoms with Crippen molar-refractivity contribution in [1.29, 1.82) is 0 Å². The van der Waals surface area contributed by atoms with Gasteiger partial charge in [-0.2, -0.15) is 4.31 Å². The number of benzene rings is 2. The SMILES string of the molecule is CCSc1ccccc1NC(=O)c1ccc(Cl)c(S(=O)(=O)N2CCCCCC2)c1. The first-order chi connectivity index (χ1) is 13.9. The fraction of sp³-hybridized carbons (Fsp3) is 0.381. The highest BCUT2D eigenvalue weighted by molar-refractivity contribution is 7.99. The average molecular weight is 453 g/mol. The smallest absolute Gasteiger partial charge is 0.255 e. The van der Waals surface area contributed by atoms with Crippen LogP contribution in [0.15, 0.2) is 52.3 Å². The largest absolute Gasteiger partial charge is 0.321 e. The van der Waals surface area contributed by atoms with Gasteiger partial charge in [-0.15, -0.1) is 11.8 Å². The van der Waals surface area contributed by atoms with Gasteiger partial charge in [0.05, 0.1) is 10.7 Å². The number of anilines is 1. The molecule has 1 fully saturated rings. The van der Waals surface area contributed by atoms with Crippen molar-refractivity contribution < 1.29 is 13.2 Å². The number of carbonyl (C=O) groups is 1. The Labute approximate surface area is 181 Å². The van der Waals surface area contributed by atoms with Crippen molar-refractivity contribution >= 4 is 45.0 Å². The molecule has 5 nitrogen and oxygen atoms in total. The third-order valence-electron chi connectivity index (χ3n) is 4.81. The van der Waals surface area contributed by atoms with E-state index in [1.165, 1.54) is 16.4 Å². The molecule has 1 aliphatic rings. The summed E-state index contributed by atoms with van der Waals surface area (Å²) in [4.78, 5) is 13.8. The van der Waals surface area contributed by atoms with Crippen LogP contribution in [0.5, 0.6) is 0 Å². The molecule has 0 bridgehead atoms. The van der Waals surface area contributed by atoms with Crippen molar-refractivity contribution in [1.82, 2.24) is 4.31 Å². The predicted octanol–water partition coefficient (Wildman–Crippen LogP) is 5.27. The van der Waals surface area contributed by atoms with Crippen LogP contribution in [-0.2, 0) is 10.0 Å². The molecule has 1 heterocycles. The molecular weight excluding hydrogens is 428 g/mol. The second kappa shape index (κ2) is 9.98. The number of carbonyl (C=O) groups excluding carboxylic acids is 1. The summed E-state index contributed by atoms with van der Waals surface area (Å²) in [5.74, 6) is 0.518. The highest BCUT2D eigenvalue weighted by atomic mass is 35.5. The molecule has 29 heavy (non-hydrogen) atoms.